The molecule has 0 radical (unpaired) electrons. The van der Waals surface area contributed by atoms with Crippen molar-refractivity contribution in [3.8, 4) is 51.2 Å². The van der Waals surface area contributed by atoms with E-state index in [0.29, 0.717) is 11.1 Å². The molecule has 4 nitrogen and oxygen atoms in total. The Labute approximate surface area is 278 Å². The van der Waals surface area contributed by atoms with Gasteiger partial charge in [0.25, 0.3) is 0 Å². The van der Waals surface area contributed by atoms with Crippen molar-refractivity contribution in [1.82, 2.24) is 4.57 Å². The third-order valence-electron chi connectivity index (χ3n) is 9.35. The number of hydrogen-bond acceptors (Lipinski definition) is 3. The first kappa shape index (κ1) is 27.4. The van der Waals surface area contributed by atoms with Gasteiger partial charge in [0.15, 0.2) is 0 Å². The highest BCUT2D eigenvalue weighted by atomic mass is 15.2. The molecule has 8 aromatic rings. The summed E-state index contributed by atoms with van der Waals surface area (Å²) in [6.07, 6.45) is 0. The number of nitriles is 2. The largest absolute Gasteiger partial charge is 0.306 e. The van der Waals surface area contributed by atoms with Gasteiger partial charge in [-0.25, -0.2) is 0 Å². The van der Waals surface area contributed by atoms with Gasteiger partial charge in [-0.3, -0.25) is 0 Å². The first-order valence-electron chi connectivity index (χ1n) is 15.9. The van der Waals surface area contributed by atoms with Crippen LogP contribution in [0.25, 0.3) is 60.9 Å². The van der Waals surface area contributed by atoms with E-state index < -0.39 is 0 Å². The Hall–Kier alpha value is -6.88. The summed E-state index contributed by atoms with van der Waals surface area (Å²) in [6, 6.07) is 59.1. The molecular weight excluding hydrogens is 585 g/mol. The summed E-state index contributed by atoms with van der Waals surface area (Å²) in [4.78, 5) is 2.38. The highest BCUT2D eigenvalue weighted by Crippen LogP contribution is 2.50. The van der Waals surface area contributed by atoms with Crippen LogP contribution in [0.5, 0.6) is 0 Å². The van der Waals surface area contributed by atoms with Crippen LogP contribution in [0.15, 0.2) is 158 Å². The molecule has 0 bridgehead atoms. The molecular formula is C44H26N4. The van der Waals surface area contributed by atoms with Crippen LogP contribution in [0.3, 0.4) is 0 Å². The van der Waals surface area contributed by atoms with Gasteiger partial charge in [-0.05, 0) is 112 Å². The summed E-state index contributed by atoms with van der Waals surface area (Å²) < 4.78 is 2.41. The summed E-state index contributed by atoms with van der Waals surface area (Å²) in [5.74, 6) is 0. The van der Waals surface area contributed by atoms with Crippen LogP contribution >= 0.6 is 0 Å². The number of rotatable bonds is 4. The normalized spacial score (nSPS) is 11.7. The highest BCUT2D eigenvalue weighted by molar-refractivity contribution is 6.16. The fourth-order valence-corrected chi connectivity index (χ4v) is 7.09. The highest BCUT2D eigenvalue weighted by Gasteiger charge is 2.28. The van der Waals surface area contributed by atoms with Crippen LogP contribution < -0.4 is 4.90 Å². The van der Waals surface area contributed by atoms with Gasteiger partial charge >= 0.3 is 0 Å². The van der Waals surface area contributed by atoms with Gasteiger partial charge in [0.2, 0.25) is 0 Å². The molecule has 0 saturated carbocycles. The van der Waals surface area contributed by atoms with E-state index in [1.54, 1.807) is 0 Å². The molecule has 1 aromatic heterocycles. The van der Waals surface area contributed by atoms with Crippen molar-refractivity contribution in [3.05, 3.63) is 169 Å². The van der Waals surface area contributed by atoms with Crippen LogP contribution in [-0.2, 0) is 0 Å². The van der Waals surface area contributed by atoms with Gasteiger partial charge in [-0.1, -0.05) is 78.9 Å². The number of anilines is 3. The summed E-state index contributed by atoms with van der Waals surface area (Å²) >= 11 is 0. The maximum atomic E-state index is 9.40. The number of para-hydroxylation sites is 3. The zero-order chi connectivity index (χ0) is 32.2. The molecule has 222 valence electrons. The molecule has 0 spiro atoms. The van der Waals surface area contributed by atoms with Crippen LogP contribution in [0.4, 0.5) is 17.1 Å². The summed E-state index contributed by atoms with van der Waals surface area (Å²) in [7, 11) is 0. The van der Waals surface area contributed by atoms with Gasteiger partial charge in [0, 0.05) is 16.5 Å². The van der Waals surface area contributed by atoms with Crippen LogP contribution in [0.1, 0.15) is 11.1 Å². The number of fused-ring (bicyclic) bond motifs is 5. The average molecular weight is 611 g/mol. The smallest absolute Gasteiger partial charge is 0.0991 e. The maximum Gasteiger partial charge on any atom is 0.0991 e. The predicted octanol–water partition coefficient (Wildman–Crippen LogP) is 11.3. The van der Waals surface area contributed by atoms with Gasteiger partial charge in [-0.15, -0.1) is 0 Å². The Morgan fingerprint density at radius 1 is 0.396 bits per heavy atom. The SMILES string of the molecule is N#Cc1ccc(-c2cc(-c3ccc(C#N)cc3)cc(-c3ccc4c(c3)N(c3ccccc3)c3cccc5c6ccccc6n-4c35)c2)cc1. The molecule has 0 N–H and O–H groups in total. The Morgan fingerprint density at radius 2 is 0.958 bits per heavy atom. The zero-order valence-electron chi connectivity index (χ0n) is 25.8. The molecule has 0 unspecified atom stereocenters. The second-order valence-electron chi connectivity index (χ2n) is 12.1. The molecule has 0 saturated heterocycles. The average Bonchev–Trinajstić information content (AvgIpc) is 3.50. The number of nitrogens with zero attached hydrogens (tertiary/aromatic N) is 4. The lowest BCUT2D eigenvalue weighted by molar-refractivity contribution is 1.11. The van der Waals surface area contributed by atoms with Crippen molar-refractivity contribution in [2.45, 2.75) is 0 Å². The van der Waals surface area contributed by atoms with E-state index in [0.717, 1.165) is 56.1 Å². The molecule has 0 atom stereocenters. The molecule has 1 aliphatic heterocycles. The van der Waals surface area contributed by atoms with E-state index in [1.165, 1.54) is 21.8 Å². The summed E-state index contributed by atoms with van der Waals surface area (Å²) in [6.45, 7) is 0. The van der Waals surface area contributed by atoms with Crippen molar-refractivity contribution in [3.63, 3.8) is 0 Å². The first-order valence-corrected chi connectivity index (χ1v) is 15.9. The lowest BCUT2D eigenvalue weighted by atomic mass is 9.92. The molecule has 4 heteroatoms. The van der Waals surface area contributed by atoms with E-state index in [2.05, 4.69) is 131 Å². The maximum absolute atomic E-state index is 9.40. The molecule has 0 amide bonds. The van der Waals surface area contributed by atoms with E-state index in [9.17, 15) is 10.5 Å². The lowest BCUT2D eigenvalue weighted by Crippen LogP contribution is -2.18. The standard InChI is InChI=1S/C44H26N4/c45-27-29-13-17-31(18-14-29)34-23-35(32-19-15-30(28-46)16-20-32)25-36(24-34)33-21-22-41-43(26-33)47(37-7-2-1-3-8-37)42-12-6-10-39-38-9-4-5-11-40(38)48(41)44(39)42/h1-26H. The van der Waals surface area contributed by atoms with Crippen molar-refractivity contribution in [2.75, 3.05) is 4.90 Å². The van der Waals surface area contributed by atoms with Crippen LogP contribution in [-0.4, -0.2) is 4.57 Å². The van der Waals surface area contributed by atoms with E-state index in [1.807, 2.05) is 48.5 Å². The van der Waals surface area contributed by atoms with E-state index in [-0.39, 0.29) is 0 Å². The minimum Gasteiger partial charge on any atom is -0.306 e. The lowest BCUT2D eigenvalue weighted by Gasteiger charge is -2.33. The minimum absolute atomic E-state index is 0.629. The van der Waals surface area contributed by atoms with Crippen LogP contribution in [0, 0.1) is 22.7 Å². The Balaban J connectivity index is 1.29. The molecule has 48 heavy (non-hydrogen) atoms. The van der Waals surface area contributed by atoms with Crippen LogP contribution in [0.2, 0.25) is 0 Å². The third kappa shape index (κ3) is 4.29. The number of benzene rings is 7. The third-order valence-corrected chi connectivity index (χ3v) is 9.35. The number of aromatic nitrogens is 1. The fourth-order valence-electron chi connectivity index (χ4n) is 7.09. The van der Waals surface area contributed by atoms with Crippen molar-refractivity contribution >= 4 is 38.9 Å². The number of hydrogen-bond donors (Lipinski definition) is 0. The van der Waals surface area contributed by atoms with Crippen molar-refractivity contribution in [1.29, 1.82) is 10.5 Å². The minimum atomic E-state index is 0.629. The molecule has 9 rings (SSSR count). The van der Waals surface area contributed by atoms with Gasteiger partial charge in [0.05, 0.1) is 51.4 Å². The molecule has 1 aliphatic rings. The molecule has 7 aromatic carbocycles. The van der Waals surface area contributed by atoms with E-state index >= 15 is 0 Å². The molecule has 0 aliphatic carbocycles. The van der Waals surface area contributed by atoms with Gasteiger partial charge in [0.1, 0.15) is 0 Å². The van der Waals surface area contributed by atoms with E-state index in [4.69, 9.17) is 0 Å². The predicted molar refractivity (Wildman–Crippen MR) is 195 cm³/mol. The van der Waals surface area contributed by atoms with Crippen molar-refractivity contribution in [2.24, 2.45) is 0 Å². The second-order valence-corrected chi connectivity index (χ2v) is 12.1. The monoisotopic (exact) mass is 610 g/mol. The summed E-state index contributed by atoms with van der Waals surface area (Å²) in [5, 5.41) is 21.3. The molecule has 0 fully saturated rings. The Bertz CT molecular complexity index is 2540. The topological polar surface area (TPSA) is 55.8 Å². The van der Waals surface area contributed by atoms with Crippen molar-refractivity contribution < 1.29 is 0 Å². The van der Waals surface area contributed by atoms with Gasteiger partial charge < -0.3 is 9.47 Å². The fraction of sp³-hybridized carbons (Fsp3) is 0. The summed E-state index contributed by atoms with van der Waals surface area (Å²) in [5.41, 5.74) is 14.5. The zero-order valence-corrected chi connectivity index (χ0v) is 25.8. The second kappa shape index (κ2) is 10.9. The molecule has 2 heterocycles. The van der Waals surface area contributed by atoms with Gasteiger partial charge in [-0.2, -0.15) is 10.5 Å². The Morgan fingerprint density at radius 3 is 1.60 bits per heavy atom. The Kier molecular flexibility index (Phi) is 6.22. The first-order chi connectivity index (χ1) is 23.7. The quantitative estimate of drug-likeness (QED) is 0.199.